The second-order valence-electron chi connectivity index (χ2n) is 7.02. The number of anilines is 1. The van der Waals surface area contributed by atoms with E-state index in [0.717, 1.165) is 37.3 Å². The molecule has 0 unspecified atom stereocenters. The third kappa shape index (κ3) is 5.43. The van der Waals surface area contributed by atoms with E-state index in [1.165, 1.54) is 6.07 Å². The number of nitrogens with zero attached hydrogens (tertiary/aromatic N) is 3. The number of hydrogen-bond donors (Lipinski definition) is 3. The monoisotopic (exact) mass is 398 g/mol. The van der Waals surface area contributed by atoms with Crippen LogP contribution in [-0.2, 0) is 17.9 Å². The van der Waals surface area contributed by atoms with Crippen LogP contribution in [0.1, 0.15) is 24.0 Å². The summed E-state index contributed by atoms with van der Waals surface area (Å²) in [6.07, 6.45) is 3.25. The maximum Gasteiger partial charge on any atom is 0.220 e. The molecule has 8 heteroatoms. The van der Waals surface area contributed by atoms with Crippen LogP contribution >= 0.6 is 0 Å². The van der Waals surface area contributed by atoms with Crippen molar-refractivity contribution in [2.45, 2.75) is 25.9 Å². The lowest BCUT2D eigenvalue weighted by Gasteiger charge is -2.32. The molecule has 2 heterocycles. The molecule has 0 bridgehead atoms. The van der Waals surface area contributed by atoms with Crippen molar-refractivity contribution in [3.63, 3.8) is 0 Å². The van der Waals surface area contributed by atoms with Crippen LogP contribution in [0.25, 0.3) is 0 Å². The lowest BCUT2D eigenvalue weighted by Crippen LogP contribution is -2.40. The maximum absolute atomic E-state index is 13.8. The fourth-order valence-corrected chi connectivity index (χ4v) is 3.45. The topological polar surface area (TPSA) is 95.6 Å². The first-order valence-corrected chi connectivity index (χ1v) is 9.74. The van der Waals surface area contributed by atoms with Gasteiger partial charge in [0.05, 0.1) is 0 Å². The van der Waals surface area contributed by atoms with Gasteiger partial charge in [-0.2, -0.15) is 0 Å². The SMILES string of the molecule is CN=C(NCc1ccccc1F)NCc1cccnc1N1CCC(C(N)=O)CC1. The number of aliphatic imine (C=N–C) groups is 1. The Labute approximate surface area is 170 Å². The molecule has 4 N–H and O–H groups in total. The number of carbonyl (C=O) groups excluding carboxylic acids is 1. The van der Waals surface area contributed by atoms with E-state index in [4.69, 9.17) is 5.73 Å². The largest absolute Gasteiger partial charge is 0.369 e. The van der Waals surface area contributed by atoms with E-state index in [2.05, 4.69) is 25.5 Å². The summed E-state index contributed by atoms with van der Waals surface area (Å²) in [5.41, 5.74) is 7.04. The summed E-state index contributed by atoms with van der Waals surface area (Å²) in [4.78, 5) is 22.3. The molecule has 2 aromatic rings. The predicted octanol–water partition coefficient (Wildman–Crippen LogP) is 1.79. The van der Waals surface area contributed by atoms with Crippen LogP contribution in [0.5, 0.6) is 0 Å². The number of nitrogens with two attached hydrogens (primary N) is 1. The Bertz CT molecular complexity index is 864. The average Bonchev–Trinajstić information content (AvgIpc) is 2.75. The molecule has 154 valence electrons. The van der Waals surface area contributed by atoms with Crippen molar-refractivity contribution >= 4 is 17.7 Å². The highest BCUT2D eigenvalue weighted by molar-refractivity contribution is 5.79. The van der Waals surface area contributed by atoms with Crippen LogP contribution in [0.2, 0.25) is 0 Å². The molecule has 0 saturated carbocycles. The van der Waals surface area contributed by atoms with Crippen LogP contribution < -0.4 is 21.3 Å². The summed E-state index contributed by atoms with van der Waals surface area (Å²) < 4.78 is 13.8. The highest BCUT2D eigenvalue weighted by atomic mass is 19.1. The zero-order valence-corrected chi connectivity index (χ0v) is 16.6. The van der Waals surface area contributed by atoms with Gasteiger partial charge >= 0.3 is 0 Å². The summed E-state index contributed by atoms with van der Waals surface area (Å²) in [5.74, 6) is 0.947. The fourth-order valence-electron chi connectivity index (χ4n) is 3.45. The number of piperidine rings is 1. The van der Waals surface area contributed by atoms with Crippen molar-refractivity contribution in [1.82, 2.24) is 15.6 Å². The van der Waals surface area contributed by atoms with Gasteiger partial charge in [-0.3, -0.25) is 9.79 Å². The number of rotatable bonds is 6. The number of pyridine rings is 1. The van der Waals surface area contributed by atoms with E-state index in [-0.39, 0.29) is 17.6 Å². The Balaban J connectivity index is 1.59. The number of amides is 1. The molecular weight excluding hydrogens is 371 g/mol. The normalized spacial score (nSPS) is 15.2. The number of carbonyl (C=O) groups is 1. The van der Waals surface area contributed by atoms with Crippen molar-refractivity contribution in [3.05, 3.63) is 59.5 Å². The molecular formula is C21H27FN6O. The first kappa shape index (κ1) is 20.6. The van der Waals surface area contributed by atoms with Gasteiger partial charge in [-0.1, -0.05) is 24.3 Å². The molecule has 3 rings (SSSR count). The molecule has 0 atom stereocenters. The number of benzene rings is 1. The van der Waals surface area contributed by atoms with Crippen LogP contribution in [0.15, 0.2) is 47.6 Å². The van der Waals surface area contributed by atoms with E-state index in [0.29, 0.717) is 24.6 Å². The number of halogens is 1. The molecule has 0 radical (unpaired) electrons. The van der Waals surface area contributed by atoms with Crippen LogP contribution in [0.3, 0.4) is 0 Å². The minimum Gasteiger partial charge on any atom is -0.369 e. The Morgan fingerprint density at radius 1 is 1.17 bits per heavy atom. The minimum absolute atomic E-state index is 0.0575. The summed E-state index contributed by atoms with van der Waals surface area (Å²) in [5, 5.41) is 6.39. The molecule has 7 nitrogen and oxygen atoms in total. The molecule has 1 aromatic heterocycles. The van der Waals surface area contributed by atoms with Gasteiger partial charge in [-0.25, -0.2) is 9.37 Å². The molecule has 1 aliphatic heterocycles. The Morgan fingerprint density at radius 3 is 2.48 bits per heavy atom. The molecule has 1 aromatic carbocycles. The van der Waals surface area contributed by atoms with Gasteiger partial charge in [0.25, 0.3) is 0 Å². The molecule has 0 aliphatic carbocycles. The molecule has 1 aliphatic rings. The Hall–Kier alpha value is -3.16. The highest BCUT2D eigenvalue weighted by Gasteiger charge is 2.24. The van der Waals surface area contributed by atoms with Crippen LogP contribution in [0.4, 0.5) is 10.2 Å². The second kappa shape index (κ2) is 9.86. The number of hydrogen-bond acceptors (Lipinski definition) is 4. The van der Waals surface area contributed by atoms with Crippen molar-refractivity contribution < 1.29 is 9.18 Å². The van der Waals surface area contributed by atoms with E-state index in [1.807, 2.05) is 12.1 Å². The lowest BCUT2D eigenvalue weighted by molar-refractivity contribution is -0.122. The number of guanidine groups is 1. The summed E-state index contributed by atoms with van der Waals surface area (Å²) in [7, 11) is 1.68. The Kier molecular flexibility index (Phi) is 6.99. The maximum atomic E-state index is 13.8. The van der Waals surface area contributed by atoms with Crippen molar-refractivity contribution in [2.75, 3.05) is 25.0 Å². The van der Waals surface area contributed by atoms with Gasteiger partial charge in [0.15, 0.2) is 5.96 Å². The van der Waals surface area contributed by atoms with E-state index >= 15 is 0 Å². The third-order valence-electron chi connectivity index (χ3n) is 5.14. The van der Waals surface area contributed by atoms with E-state index in [9.17, 15) is 9.18 Å². The van der Waals surface area contributed by atoms with Gasteiger partial charge in [-0.05, 0) is 25.0 Å². The fraction of sp³-hybridized carbons (Fsp3) is 0.381. The van der Waals surface area contributed by atoms with Gasteiger partial charge in [0, 0.05) is 56.5 Å². The van der Waals surface area contributed by atoms with Gasteiger partial charge in [0.1, 0.15) is 11.6 Å². The molecule has 1 amide bonds. The zero-order chi connectivity index (χ0) is 20.6. The lowest BCUT2D eigenvalue weighted by atomic mass is 9.96. The summed E-state index contributed by atoms with van der Waals surface area (Å²) in [6, 6.07) is 10.6. The number of nitrogens with one attached hydrogen (secondary N) is 2. The van der Waals surface area contributed by atoms with Crippen LogP contribution in [0, 0.1) is 11.7 Å². The van der Waals surface area contributed by atoms with Crippen molar-refractivity contribution in [3.8, 4) is 0 Å². The van der Waals surface area contributed by atoms with E-state index in [1.54, 1.807) is 31.4 Å². The molecule has 0 spiro atoms. The molecule has 1 fully saturated rings. The highest BCUT2D eigenvalue weighted by Crippen LogP contribution is 2.24. The van der Waals surface area contributed by atoms with Crippen LogP contribution in [-0.4, -0.2) is 37.0 Å². The quantitative estimate of drug-likeness (QED) is 0.509. The Morgan fingerprint density at radius 2 is 1.83 bits per heavy atom. The van der Waals surface area contributed by atoms with Crippen molar-refractivity contribution in [2.24, 2.45) is 16.6 Å². The standard InChI is InChI=1S/C21H27FN6O/c1-24-21(26-13-16-5-2-3-7-18(16)22)27-14-17-6-4-10-25-20(17)28-11-8-15(9-12-28)19(23)29/h2-7,10,15H,8-9,11-14H2,1H3,(H2,23,29)(H2,24,26,27). The average molecular weight is 398 g/mol. The van der Waals surface area contributed by atoms with Gasteiger partial charge in [0.2, 0.25) is 5.91 Å². The minimum atomic E-state index is -0.246. The van der Waals surface area contributed by atoms with E-state index < -0.39 is 0 Å². The first-order valence-electron chi connectivity index (χ1n) is 9.74. The summed E-state index contributed by atoms with van der Waals surface area (Å²) >= 11 is 0. The zero-order valence-electron chi connectivity index (χ0n) is 16.6. The predicted molar refractivity (Wildman–Crippen MR) is 112 cm³/mol. The second-order valence-corrected chi connectivity index (χ2v) is 7.02. The van der Waals surface area contributed by atoms with Crippen molar-refractivity contribution in [1.29, 1.82) is 0 Å². The summed E-state index contributed by atoms with van der Waals surface area (Å²) in [6.45, 7) is 2.36. The van der Waals surface area contributed by atoms with Gasteiger partial charge < -0.3 is 21.3 Å². The number of primary amides is 1. The molecule has 29 heavy (non-hydrogen) atoms. The smallest absolute Gasteiger partial charge is 0.220 e. The number of aromatic nitrogens is 1. The third-order valence-corrected chi connectivity index (χ3v) is 5.14. The first-order chi connectivity index (χ1) is 14.1. The molecule has 1 saturated heterocycles. The van der Waals surface area contributed by atoms with Gasteiger partial charge in [-0.15, -0.1) is 0 Å².